The predicted octanol–water partition coefficient (Wildman–Crippen LogP) is 4.45. The van der Waals surface area contributed by atoms with E-state index in [-0.39, 0.29) is 0 Å². The summed E-state index contributed by atoms with van der Waals surface area (Å²) in [7, 11) is 0. The average Bonchev–Trinajstić information content (AvgIpc) is 2.47. The van der Waals surface area contributed by atoms with Crippen molar-refractivity contribution in [3.8, 4) is 17.6 Å². The van der Waals surface area contributed by atoms with Gasteiger partial charge in [-0.25, -0.2) is 0 Å². The number of para-hydroxylation sites is 1. The van der Waals surface area contributed by atoms with Gasteiger partial charge in [0.2, 0.25) is 0 Å². The van der Waals surface area contributed by atoms with Crippen LogP contribution in [0.2, 0.25) is 0 Å². The van der Waals surface area contributed by atoms with E-state index in [0.717, 1.165) is 11.3 Å². The van der Waals surface area contributed by atoms with Crippen molar-refractivity contribution in [1.29, 1.82) is 0 Å². The molecule has 0 fully saturated rings. The first kappa shape index (κ1) is 14.9. The maximum atomic E-state index is 5.48. The Morgan fingerprint density at radius 2 is 1.68 bits per heavy atom. The molecule has 1 nitrogen and oxygen atoms in total. The molecular weight excluding hydrogens is 232 g/mol. The van der Waals surface area contributed by atoms with Gasteiger partial charge >= 0.3 is 0 Å². The molecule has 1 heteroatoms. The number of benzene rings is 2. The van der Waals surface area contributed by atoms with Gasteiger partial charge in [-0.3, -0.25) is 0 Å². The summed E-state index contributed by atoms with van der Waals surface area (Å²) in [5, 5.41) is 0. The molecular formula is C18H20O. The summed E-state index contributed by atoms with van der Waals surface area (Å²) in [5.41, 5.74) is 2.25. The van der Waals surface area contributed by atoms with Crippen molar-refractivity contribution >= 4 is 0 Å². The van der Waals surface area contributed by atoms with E-state index in [1.807, 2.05) is 56.3 Å². The molecule has 0 saturated carbocycles. The fourth-order valence-electron chi connectivity index (χ4n) is 1.50. The first-order chi connectivity index (χ1) is 9.34. The predicted molar refractivity (Wildman–Crippen MR) is 81.3 cm³/mol. The molecule has 2 rings (SSSR count). The zero-order chi connectivity index (χ0) is 13.9. The second kappa shape index (κ2) is 8.83. The summed E-state index contributed by atoms with van der Waals surface area (Å²) < 4.78 is 5.48. The number of hydrogen-bond acceptors (Lipinski definition) is 1. The van der Waals surface area contributed by atoms with Crippen LogP contribution in [-0.2, 0) is 0 Å². The van der Waals surface area contributed by atoms with E-state index in [1.54, 1.807) is 0 Å². The van der Waals surface area contributed by atoms with Gasteiger partial charge in [0.15, 0.2) is 0 Å². The normalized spacial score (nSPS) is 8.58. The monoisotopic (exact) mass is 252 g/mol. The van der Waals surface area contributed by atoms with Gasteiger partial charge in [-0.1, -0.05) is 56.0 Å². The molecule has 0 atom stereocenters. The molecule has 0 aromatic heterocycles. The minimum Gasteiger partial charge on any atom is -0.481 e. The van der Waals surface area contributed by atoms with E-state index in [4.69, 9.17) is 4.74 Å². The van der Waals surface area contributed by atoms with Crippen molar-refractivity contribution in [3.05, 3.63) is 65.7 Å². The van der Waals surface area contributed by atoms with Crippen molar-refractivity contribution in [2.24, 2.45) is 0 Å². The number of hydrogen-bond donors (Lipinski definition) is 0. The molecule has 98 valence electrons. The third-order valence-corrected chi connectivity index (χ3v) is 2.31. The fourth-order valence-corrected chi connectivity index (χ4v) is 1.50. The van der Waals surface area contributed by atoms with Crippen LogP contribution in [0.25, 0.3) is 0 Å². The van der Waals surface area contributed by atoms with Gasteiger partial charge in [-0.15, -0.1) is 0 Å². The maximum Gasteiger partial charge on any atom is 0.149 e. The highest BCUT2D eigenvalue weighted by Crippen LogP contribution is 2.07. The lowest BCUT2D eigenvalue weighted by Gasteiger charge is -1.99. The van der Waals surface area contributed by atoms with Crippen LogP contribution >= 0.6 is 0 Å². The van der Waals surface area contributed by atoms with E-state index in [0.29, 0.717) is 6.61 Å². The van der Waals surface area contributed by atoms with Crippen molar-refractivity contribution in [2.45, 2.75) is 20.8 Å². The molecule has 0 N–H and O–H groups in total. The van der Waals surface area contributed by atoms with Gasteiger partial charge < -0.3 is 4.74 Å². The molecule has 19 heavy (non-hydrogen) atoms. The van der Waals surface area contributed by atoms with Gasteiger partial charge in [0.1, 0.15) is 12.4 Å². The molecule has 0 amide bonds. The Morgan fingerprint density at radius 3 is 2.37 bits per heavy atom. The van der Waals surface area contributed by atoms with E-state index in [2.05, 4.69) is 30.9 Å². The Morgan fingerprint density at radius 1 is 0.947 bits per heavy atom. The lowest BCUT2D eigenvalue weighted by Crippen LogP contribution is -1.93. The third-order valence-electron chi connectivity index (χ3n) is 2.31. The largest absolute Gasteiger partial charge is 0.481 e. The molecule has 2 aromatic rings. The molecule has 0 bridgehead atoms. The Hall–Kier alpha value is -2.20. The first-order valence-corrected chi connectivity index (χ1v) is 6.58. The van der Waals surface area contributed by atoms with Crippen LogP contribution in [0.15, 0.2) is 54.6 Å². The summed E-state index contributed by atoms with van der Waals surface area (Å²) in [6, 6.07) is 17.8. The Labute approximate surface area is 116 Å². The third kappa shape index (κ3) is 5.79. The Bertz CT molecular complexity index is 532. The van der Waals surface area contributed by atoms with E-state index >= 15 is 0 Å². The summed E-state index contributed by atoms with van der Waals surface area (Å²) in [5.74, 6) is 6.94. The molecule has 0 aliphatic rings. The summed E-state index contributed by atoms with van der Waals surface area (Å²) >= 11 is 0. The van der Waals surface area contributed by atoms with Crippen molar-refractivity contribution in [3.63, 3.8) is 0 Å². The smallest absolute Gasteiger partial charge is 0.149 e. The van der Waals surface area contributed by atoms with Crippen LogP contribution in [0.4, 0.5) is 0 Å². The molecule has 0 heterocycles. The second-order valence-electron chi connectivity index (χ2n) is 3.77. The zero-order valence-corrected chi connectivity index (χ0v) is 11.8. The lowest BCUT2D eigenvalue weighted by molar-refractivity contribution is 0.370. The zero-order valence-electron chi connectivity index (χ0n) is 11.8. The standard InChI is InChI=1S/C16H14O.C2H6/c1-14-7-5-8-15(13-14)9-6-12-17-16-10-3-2-4-11-16;1-2/h2-5,7-8,10-11,13H,12H2,1H3;1-2H3. The van der Waals surface area contributed by atoms with Crippen LogP contribution in [0.5, 0.6) is 5.75 Å². The average molecular weight is 252 g/mol. The Balaban J connectivity index is 0.000000861. The minimum absolute atomic E-state index is 0.415. The first-order valence-electron chi connectivity index (χ1n) is 6.58. The molecule has 2 aromatic carbocycles. The summed E-state index contributed by atoms with van der Waals surface area (Å²) in [6.07, 6.45) is 0. The second-order valence-corrected chi connectivity index (χ2v) is 3.77. The van der Waals surface area contributed by atoms with Gasteiger partial charge in [0, 0.05) is 5.56 Å². The summed E-state index contributed by atoms with van der Waals surface area (Å²) in [4.78, 5) is 0. The maximum absolute atomic E-state index is 5.48. The lowest BCUT2D eigenvalue weighted by atomic mass is 10.1. The van der Waals surface area contributed by atoms with Crippen molar-refractivity contribution < 1.29 is 4.74 Å². The topological polar surface area (TPSA) is 9.23 Å². The van der Waals surface area contributed by atoms with Crippen LogP contribution in [0.1, 0.15) is 25.0 Å². The SMILES string of the molecule is CC.Cc1cccc(C#CCOc2ccccc2)c1. The number of aryl methyl sites for hydroxylation is 1. The molecule has 0 radical (unpaired) electrons. The fraction of sp³-hybridized carbons (Fsp3) is 0.222. The van der Waals surface area contributed by atoms with Crippen molar-refractivity contribution in [1.82, 2.24) is 0 Å². The molecule has 0 spiro atoms. The van der Waals surface area contributed by atoms with Crippen LogP contribution < -0.4 is 4.74 Å². The van der Waals surface area contributed by atoms with Crippen LogP contribution in [0, 0.1) is 18.8 Å². The molecule has 0 aliphatic heterocycles. The molecule has 0 unspecified atom stereocenters. The number of rotatable bonds is 2. The van der Waals surface area contributed by atoms with Crippen molar-refractivity contribution in [2.75, 3.05) is 6.61 Å². The van der Waals surface area contributed by atoms with Gasteiger partial charge in [0.05, 0.1) is 0 Å². The van der Waals surface area contributed by atoms with Gasteiger partial charge in [-0.05, 0) is 36.8 Å². The van der Waals surface area contributed by atoms with E-state index < -0.39 is 0 Å². The molecule has 0 saturated heterocycles. The molecule has 0 aliphatic carbocycles. The van der Waals surface area contributed by atoms with Crippen LogP contribution in [0.3, 0.4) is 0 Å². The van der Waals surface area contributed by atoms with E-state index in [9.17, 15) is 0 Å². The summed E-state index contributed by atoms with van der Waals surface area (Å²) in [6.45, 7) is 6.48. The Kier molecular flexibility index (Phi) is 6.90. The highest BCUT2D eigenvalue weighted by atomic mass is 16.5. The number of ether oxygens (including phenoxy) is 1. The van der Waals surface area contributed by atoms with E-state index in [1.165, 1.54) is 5.56 Å². The van der Waals surface area contributed by atoms with Gasteiger partial charge in [0.25, 0.3) is 0 Å². The minimum atomic E-state index is 0.415. The quantitative estimate of drug-likeness (QED) is 0.717. The highest BCUT2D eigenvalue weighted by Gasteiger charge is 1.88. The van der Waals surface area contributed by atoms with Crippen LogP contribution in [-0.4, -0.2) is 6.61 Å². The highest BCUT2D eigenvalue weighted by molar-refractivity contribution is 5.36. The van der Waals surface area contributed by atoms with Gasteiger partial charge in [-0.2, -0.15) is 0 Å².